The highest BCUT2D eigenvalue weighted by atomic mass is 16.6. The molecule has 23 heavy (non-hydrogen) atoms. The first kappa shape index (κ1) is 16.8. The molecule has 0 saturated carbocycles. The van der Waals surface area contributed by atoms with E-state index in [1.807, 2.05) is 24.4 Å². The van der Waals surface area contributed by atoms with E-state index in [0.29, 0.717) is 6.54 Å². The molecule has 0 saturated heterocycles. The Balaban J connectivity index is 1.86. The smallest absolute Gasteiger partial charge is 0.410 e. The third kappa shape index (κ3) is 4.70. The molecule has 0 aromatic carbocycles. The van der Waals surface area contributed by atoms with Gasteiger partial charge in [0.05, 0.1) is 11.7 Å². The number of rotatable bonds is 4. The Kier molecular flexibility index (Phi) is 4.88. The highest BCUT2D eigenvalue weighted by molar-refractivity contribution is 5.82. The molecule has 2 aromatic rings. The number of ether oxygens (including phenoxy) is 1. The fraction of sp³-hybridized carbons (Fsp3) is 0.438. The highest BCUT2D eigenvalue weighted by Gasteiger charge is 2.21. The lowest BCUT2D eigenvalue weighted by molar-refractivity contribution is -0.122. The van der Waals surface area contributed by atoms with Gasteiger partial charge in [-0.15, -0.1) is 0 Å². The van der Waals surface area contributed by atoms with Crippen molar-refractivity contribution >= 4 is 17.5 Å². The molecule has 2 heterocycles. The highest BCUT2D eigenvalue weighted by Crippen LogP contribution is 2.10. The fourth-order valence-electron chi connectivity index (χ4n) is 1.99. The maximum atomic E-state index is 12.0. The van der Waals surface area contributed by atoms with Crippen molar-refractivity contribution in [2.75, 3.05) is 13.6 Å². The number of hydrogen-bond donors (Lipinski definition) is 1. The fourth-order valence-corrected chi connectivity index (χ4v) is 1.99. The Bertz CT molecular complexity index is 703. The zero-order valence-corrected chi connectivity index (χ0v) is 13.9. The van der Waals surface area contributed by atoms with Gasteiger partial charge >= 0.3 is 6.09 Å². The van der Waals surface area contributed by atoms with E-state index in [9.17, 15) is 9.59 Å². The number of amides is 2. The van der Waals surface area contributed by atoms with Crippen LogP contribution in [0.3, 0.4) is 0 Å². The van der Waals surface area contributed by atoms with E-state index in [-0.39, 0.29) is 12.5 Å². The number of nitrogens with zero attached hydrogens (tertiary/aromatic N) is 3. The van der Waals surface area contributed by atoms with Crippen molar-refractivity contribution in [2.45, 2.75) is 32.9 Å². The van der Waals surface area contributed by atoms with E-state index < -0.39 is 11.7 Å². The molecule has 0 aliphatic heterocycles. The van der Waals surface area contributed by atoms with E-state index in [1.54, 1.807) is 31.5 Å². The van der Waals surface area contributed by atoms with Crippen molar-refractivity contribution in [1.82, 2.24) is 19.8 Å². The molecule has 0 atom stereocenters. The van der Waals surface area contributed by atoms with Crippen LogP contribution in [-0.4, -0.2) is 45.7 Å². The number of carbonyl (C=O) groups excluding carboxylic acids is 2. The summed E-state index contributed by atoms with van der Waals surface area (Å²) < 4.78 is 6.95. The van der Waals surface area contributed by atoms with Crippen molar-refractivity contribution in [3.05, 3.63) is 36.2 Å². The molecule has 0 fully saturated rings. The summed E-state index contributed by atoms with van der Waals surface area (Å²) in [5, 5.41) is 6.99. The predicted octanol–water partition coefficient (Wildman–Crippen LogP) is 1.82. The second-order valence-electron chi connectivity index (χ2n) is 6.31. The van der Waals surface area contributed by atoms with Gasteiger partial charge < -0.3 is 15.0 Å². The van der Waals surface area contributed by atoms with Gasteiger partial charge in [0.1, 0.15) is 12.1 Å². The lowest BCUT2D eigenvalue weighted by Crippen LogP contribution is -2.40. The van der Waals surface area contributed by atoms with Crippen molar-refractivity contribution < 1.29 is 14.3 Å². The minimum absolute atomic E-state index is 0.0614. The van der Waals surface area contributed by atoms with Crippen molar-refractivity contribution in [2.24, 2.45) is 0 Å². The van der Waals surface area contributed by atoms with Crippen LogP contribution < -0.4 is 5.32 Å². The number of hydrogen-bond acceptors (Lipinski definition) is 4. The van der Waals surface area contributed by atoms with Crippen LogP contribution in [0.2, 0.25) is 0 Å². The second-order valence-corrected chi connectivity index (χ2v) is 6.31. The number of aromatic nitrogens is 2. The summed E-state index contributed by atoms with van der Waals surface area (Å²) >= 11 is 0. The third-order valence-corrected chi connectivity index (χ3v) is 3.07. The normalized spacial score (nSPS) is 11.3. The number of carbonyl (C=O) groups is 2. The van der Waals surface area contributed by atoms with E-state index in [2.05, 4.69) is 10.4 Å². The molecule has 0 bridgehead atoms. The Hall–Kier alpha value is -2.57. The molecular formula is C16H22N4O3. The summed E-state index contributed by atoms with van der Waals surface area (Å²) in [5.41, 5.74) is 1.27. The first-order valence-corrected chi connectivity index (χ1v) is 7.38. The van der Waals surface area contributed by atoms with Gasteiger partial charge in [0.2, 0.25) is 5.91 Å². The van der Waals surface area contributed by atoms with Gasteiger partial charge in [-0.2, -0.15) is 5.10 Å². The zero-order valence-electron chi connectivity index (χ0n) is 13.9. The van der Waals surface area contributed by atoms with Gasteiger partial charge in [0.25, 0.3) is 0 Å². The summed E-state index contributed by atoms with van der Waals surface area (Å²) in [6, 6.07) is 5.73. The van der Waals surface area contributed by atoms with Gasteiger partial charge in [0, 0.05) is 25.4 Å². The Morgan fingerprint density at radius 1 is 1.35 bits per heavy atom. The summed E-state index contributed by atoms with van der Waals surface area (Å²) in [4.78, 5) is 25.0. The largest absolute Gasteiger partial charge is 0.444 e. The number of nitrogens with one attached hydrogen (secondary N) is 1. The maximum Gasteiger partial charge on any atom is 0.410 e. The first-order valence-electron chi connectivity index (χ1n) is 7.38. The molecule has 0 aliphatic rings. The van der Waals surface area contributed by atoms with E-state index in [0.717, 1.165) is 11.1 Å². The summed E-state index contributed by atoms with van der Waals surface area (Å²) in [6.45, 7) is 5.64. The second kappa shape index (κ2) is 6.68. The number of likely N-dealkylation sites (N-methyl/N-ethyl adjacent to an activating group) is 1. The lowest BCUT2D eigenvalue weighted by Gasteiger charge is -2.24. The lowest BCUT2D eigenvalue weighted by atomic mass is 10.2. The maximum absolute atomic E-state index is 12.0. The van der Waals surface area contributed by atoms with Crippen molar-refractivity contribution in [3.63, 3.8) is 0 Å². The quantitative estimate of drug-likeness (QED) is 0.933. The molecule has 7 heteroatoms. The molecule has 2 amide bonds. The molecular weight excluding hydrogens is 296 g/mol. The topological polar surface area (TPSA) is 75.9 Å². The summed E-state index contributed by atoms with van der Waals surface area (Å²) in [5.74, 6) is -0.256. The van der Waals surface area contributed by atoms with Crippen LogP contribution in [0.5, 0.6) is 0 Å². The van der Waals surface area contributed by atoms with Crippen molar-refractivity contribution in [1.29, 1.82) is 0 Å². The Morgan fingerprint density at radius 2 is 2.09 bits per heavy atom. The number of pyridine rings is 1. The SMILES string of the molecule is CN(CC(=O)NCc1cnn2ccccc12)C(=O)OC(C)(C)C. The van der Waals surface area contributed by atoms with Crippen LogP contribution in [0.25, 0.3) is 5.52 Å². The van der Waals surface area contributed by atoms with Crippen molar-refractivity contribution in [3.8, 4) is 0 Å². The monoisotopic (exact) mass is 318 g/mol. The molecule has 0 spiro atoms. The van der Waals surface area contributed by atoms with E-state index >= 15 is 0 Å². The van der Waals surface area contributed by atoms with Gasteiger partial charge in [-0.3, -0.25) is 4.79 Å². The Labute approximate surface area is 135 Å². The zero-order chi connectivity index (χ0) is 17.0. The van der Waals surface area contributed by atoms with Crippen LogP contribution in [0, 0.1) is 0 Å². The van der Waals surface area contributed by atoms with Gasteiger partial charge in [0.15, 0.2) is 0 Å². The van der Waals surface area contributed by atoms with Gasteiger partial charge in [-0.25, -0.2) is 9.31 Å². The third-order valence-electron chi connectivity index (χ3n) is 3.07. The molecule has 2 aromatic heterocycles. The summed E-state index contributed by atoms with van der Waals surface area (Å²) in [6.07, 6.45) is 3.04. The van der Waals surface area contributed by atoms with E-state index in [1.165, 1.54) is 11.9 Å². The van der Waals surface area contributed by atoms with Crippen LogP contribution in [0.4, 0.5) is 4.79 Å². The predicted molar refractivity (Wildman–Crippen MR) is 85.9 cm³/mol. The molecule has 0 aliphatic carbocycles. The van der Waals surface area contributed by atoms with Crippen LogP contribution in [-0.2, 0) is 16.1 Å². The average Bonchev–Trinajstić information content (AvgIpc) is 2.86. The molecule has 0 unspecified atom stereocenters. The van der Waals surface area contributed by atoms with Crippen LogP contribution in [0.15, 0.2) is 30.6 Å². The molecule has 7 nitrogen and oxygen atoms in total. The van der Waals surface area contributed by atoms with Gasteiger partial charge in [-0.1, -0.05) is 6.07 Å². The standard InChI is InChI=1S/C16H22N4O3/c1-16(2,3)23-15(22)19(4)11-14(21)17-9-12-10-18-20-8-6-5-7-13(12)20/h5-8,10H,9,11H2,1-4H3,(H,17,21). The minimum atomic E-state index is -0.584. The first-order chi connectivity index (χ1) is 10.8. The van der Waals surface area contributed by atoms with Crippen LogP contribution >= 0.6 is 0 Å². The molecule has 2 rings (SSSR count). The molecule has 124 valence electrons. The van der Waals surface area contributed by atoms with Gasteiger partial charge in [-0.05, 0) is 32.9 Å². The average molecular weight is 318 g/mol. The van der Waals surface area contributed by atoms with E-state index in [4.69, 9.17) is 4.74 Å². The molecule has 1 N–H and O–H groups in total. The Morgan fingerprint density at radius 3 is 2.78 bits per heavy atom. The summed E-state index contributed by atoms with van der Waals surface area (Å²) in [7, 11) is 1.53. The van der Waals surface area contributed by atoms with Crippen LogP contribution in [0.1, 0.15) is 26.3 Å². The number of fused-ring (bicyclic) bond motifs is 1. The molecule has 0 radical (unpaired) electrons. The minimum Gasteiger partial charge on any atom is -0.444 e.